The number of carbonyl (C=O) groups is 1. The number of carbonyl (C=O) groups excluding carboxylic acids is 1. The Kier molecular flexibility index (Phi) is 10.5. The normalized spacial score (nSPS) is 16.0. The van der Waals surface area contributed by atoms with Crippen LogP contribution in [0.1, 0.15) is 25.7 Å². The van der Waals surface area contributed by atoms with E-state index in [0.717, 1.165) is 32.4 Å². The van der Waals surface area contributed by atoms with E-state index in [4.69, 9.17) is 27.9 Å². The van der Waals surface area contributed by atoms with Gasteiger partial charge in [0.25, 0.3) is 0 Å². The van der Waals surface area contributed by atoms with Gasteiger partial charge in [0.05, 0.1) is 5.02 Å². The van der Waals surface area contributed by atoms with E-state index < -0.39 is 6.10 Å². The Balaban J connectivity index is 0.00000312. The lowest BCUT2D eigenvalue weighted by molar-refractivity contribution is -0.122. The van der Waals surface area contributed by atoms with Crippen LogP contribution in [0.25, 0.3) is 0 Å². The van der Waals surface area contributed by atoms with Gasteiger partial charge in [0.1, 0.15) is 23.5 Å². The Morgan fingerprint density at radius 1 is 1.36 bits per heavy atom. The molecule has 1 atom stereocenters. The Hall–Kier alpha value is -0.720. The lowest BCUT2D eigenvalue weighted by atomic mass is 9.93. The van der Waals surface area contributed by atoms with E-state index in [1.807, 2.05) is 0 Å². The maximum Gasteiger partial charge on any atom is 0.220 e. The van der Waals surface area contributed by atoms with Crippen LogP contribution in [0.2, 0.25) is 10.0 Å². The van der Waals surface area contributed by atoms with Crippen LogP contribution < -0.4 is 15.4 Å². The lowest BCUT2D eigenvalue weighted by Crippen LogP contribution is -2.35. The lowest BCUT2D eigenvalue weighted by Gasteiger charge is -2.22. The SMILES string of the molecule is Cl.O=C(CCC1CCNCC1)NCC(O)COc1cccc(Cl)c1Cl. The highest BCUT2D eigenvalue weighted by atomic mass is 35.5. The van der Waals surface area contributed by atoms with Gasteiger partial charge in [-0.05, 0) is 50.4 Å². The number of benzene rings is 1. The number of rotatable bonds is 8. The largest absolute Gasteiger partial charge is 0.489 e. The smallest absolute Gasteiger partial charge is 0.220 e. The van der Waals surface area contributed by atoms with E-state index in [-0.39, 0.29) is 31.5 Å². The molecule has 0 saturated carbocycles. The average Bonchev–Trinajstić information content (AvgIpc) is 2.60. The maximum absolute atomic E-state index is 11.8. The van der Waals surface area contributed by atoms with Crippen LogP contribution in [0.15, 0.2) is 18.2 Å². The van der Waals surface area contributed by atoms with E-state index in [2.05, 4.69) is 10.6 Å². The Morgan fingerprint density at radius 2 is 2.08 bits per heavy atom. The molecular weight excluding hydrogens is 387 g/mol. The van der Waals surface area contributed by atoms with Gasteiger partial charge >= 0.3 is 0 Å². The number of ether oxygens (including phenoxy) is 1. The molecule has 1 aliphatic heterocycles. The number of halogens is 3. The van der Waals surface area contributed by atoms with E-state index in [1.54, 1.807) is 18.2 Å². The minimum atomic E-state index is -0.803. The van der Waals surface area contributed by atoms with Gasteiger partial charge in [-0.1, -0.05) is 29.3 Å². The van der Waals surface area contributed by atoms with Crippen LogP contribution in [-0.4, -0.2) is 43.4 Å². The quantitative estimate of drug-likeness (QED) is 0.615. The second-order valence-electron chi connectivity index (χ2n) is 6.05. The van der Waals surface area contributed by atoms with Gasteiger partial charge in [0, 0.05) is 13.0 Å². The van der Waals surface area contributed by atoms with Crippen molar-refractivity contribution in [3.05, 3.63) is 28.2 Å². The average molecular weight is 412 g/mol. The number of aliphatic hydroxyl groups is 1. The summed E-state index contributed by atoms with van der Waals surface area (Å²) in [4.78, 5) is 11.8. The summed E-state index contributed by atoms with van der Waals surface area (Å²) in [6, 6.07) is 5.06. The van der Waals surface area contributed by atoms with Gasteiger partial charge in [-0.15, -0.1) is 12.4 Å². The fraction of sp³-hybridized carbons (Fsp3) is 0.588. The minimum absolute atomic E-state index is 0. The van der Waals surface area contributed by atoms with Gasteiger partial charge in [-0.2, -0.15) is 0 Å². The summed E-state index contributed by atoms with van der Waals surface area (Å²) in [5.41, 5.74) is 0. The van der Waals surface area contributed by atoms with Crippen molar-refractivity contribution < 1.29 is 14.6 Å². The van der Waals surface area contributed by atoms with Crippen molar-refractivity contribution in [1.29, 1.82) is 0 Å². The zero-order valence-corrected chi connectivity index (χ0v) is 16.3. The van der Waals surface area contributed by atoms with Gasteiger partial charge < -0.3 is 20.5 Å². The molecule has 2 rings (SSSR count). The van der Waals surface area contributed by atoms with E-state index in [0.29, 0.717) is 28.1 Å². The molecule has 1 aliphatic rings. The van der Waals surface area contributed by atoms with Crippen molar-refractivity contribution in [3.8, 4) is 5.75 Å². The third kappa shape index (κ3) is 8.01. The molecule has 25 heavy (non-hydrogen) atoms. The predicted octanol–water partition coefficient (Wildman–Crippen LogP) is 3.05. The molecule has 1 amide bonds. The number of nitrogens with one attached hydrogen (secondary N) is 2. The molecule has 1 aromatic carbocycles. The Bertz CT molecular complexity index is 540. The first-order valence-electron chi connectivity index (χ1n) is 8.28. The predicted molar refractivity (Wildman–Crippen MR) is 103 cm³/mol. The van der Waals surface area contributed by atoms with Crippen LogP contribution >= 0.6 is 35.6 Å². The van der Waals surface area contributed by atoms with Gasteiger partial charge in [0.2, 0.25) is 5.91 Å². The van der Waals surface area contributed by atoms with Crippen LogP contribution in [-0.2, 0) is 4.79 Å². The Morgan fingerprint density at radius 3 is 2.80 bits per heavy atom. The molecule has 0 bridgehead atoms. The van der Waals surface area contributed by atoms with Crippen molar-refractivity contribution in [2.24, 2.45) is 5.92 Å². The first-order valence-corrected chi connectivity index (χ1v) is 9.04. The summed E-state index contributed by atoms with van der Waals surface area (Å²) in [7, 11) is 0. The number of hydrogen-bond donors (Lipinski definition) is 3. The number of amides is 1. The fourth-order valence-electron chi connectivity index (χ4n) is 2.67. The van der Waals surface area contributed by atoms with Crippen LogP contribution in [0.5, 0.6) is 5.75 Å². The first-order chi connectivity index (χ1) is 11.6. The molecule has 1 aromatic rings. The van der Waals surface area contributed by atoms with E-state index in [9.17, 15) is 9.90 Å². The molecule has 1 saturated heterocycles. The highest BCUT2D eigenvalue weighted by Gasteiger charge is 2.15. The molecule has 3 N–H and O–H groups in total. The highest BCUT2D eigenvalue weighted by Crippen LogP contribution is 2.31. The Labute approximate surface area is 164 Å². The molecule has 1 unspecified atom stereocenters. The highest BCUT2D eigenvalue weighted by molar-refractivity contribution is 6.42. The molecule has 0 aliphatic carbocycles. The van der Waals surface area contributed by atoms with Crippen molar-refractivity contribution in [2.45, 2.75) is 31.8 Å². The van der Waals surface area contributed by atoms with Crippen molar-refractivity contribution in [1.82, 2.24) is 10.6 Å². The van der Waals surface area contributed by atoms with Crippen molar-refractivity contribution in [3.63, 3.8) is 0 Å². The molecule has 8 heteroatoms. The van der Waals surface area contributed by atoms with Crippen LogP contribution in [0.4, 0.5) is 0 Å². The summed E-state index contributed by atoms with van der Waals surface area (Å²) in [5.74, 6) is 1.00. The molecule has 5 nitrogen and oxygen atoms in total. The van der Waals surface area contributed by atoms with Crippen molar-refractivity contribution >= 4 is 41.5 Å². The molecule has 1 fully saturated rings. The number of aliphatic hydroxyl groups excluding tert-OH is 1. The maximum atomic E-state index is 11.8. The number of piperidine rings is 1. The minimum Gasteiger partial charge on any atom is -0.489 e. The third-order valence-electron chi connectivity index (χ3n) is 4.12. The van der Waals surface area contributed by atoms with Gasteiger partial charge in [-0.25, -0.2) is 0 Å². The fourth-order valence-corrected chi connectivity index (χ4v) is 3.01. The van der Waals surface area contributed by atoms with Gasteiger partial charge in [-0.3, -0.25) is 4.79 Å². The second-order valence-corrected chi connectivity index (χ2v) is 6.84. The summed E-state index contributed by atoms with van der Waals surface area (Å²) in [6.45, 7) is 2.26. The zero-order valence-electron chi connectivity index (χ0n) is 14.0. The summed E-state index contributed by atoms with van der Waals surface area (Å²) >= 11 is 11.9. The summed E-state index contributed by atoms with van der Waals surface area (Å²) in [5, 5.41) is 16.7. The molecule has 0 aromatic heterocycles. The molecule has 142 valence electrons. The standard InChI is InChI=1S/C17H24Cl2N2O3.ClH/c18-14-2-1-3-15(17(14)19)24-11-13(22)10-21-16(23)5-4-12-6-8-20-9-7-12;/h1-3,12-13,20,22H,4-11H2,(H,21,23);1H. The monoisotopic (exact) mass is 410 g/mol. The summed E-state index contributed by atoms with van der Waals surface area (Å²) < 4.78 is 5.44. The topological polar surface area (TPSA) is 70.6 Å². The third-order valence-corrected chi connectivity index (χ3v) is 4.92. The number of hydrogen-bond acceptors (Lipinski definition) is 4. The zero-order chi connectivity index (χ0) is 17.4. The van der Waals surface area contributed by atoms with Crippen molar-refractivity contribution in [2.75, 3.05) is 26.2 Å². The molecule has 1 heterocycles. The second kappa shape index (κ2) is 11.8. The molecule has 0 radical (unpaired) electrons. The van der Waals surface area contributed by atoms with E-state index in [1.165, 1.54) is 0 Å². The van der Waals surface area contributed by atoms with Crippen LogP contribution in [0, 0.1) is 5.92 Å². The van der Waals surface area contributed by atoms with E-state index >= 15 is 0 Å². The van der Waals surface area contributed by atoms with Crippen LogP contribution in [0.3, 0.4) is 0 Å². The van der Waals surface area contributed by atoms with Gasteiger partial charge in [0.15, 0.2) is 0 Å². The summed E-state index contributed by atoms with van der Waals surface area (Å²) in [6.07, 6.45) is 2.85. The molecule has 0 spiro atoms. The first kappa shape index (κ1) is 22.3. The molecular formula is C17H25Cl3N2O3.